The van der Waals surface area contributed by atoms with E-state index in [0.29, 0.717) is 22.3 Å². The topological polar surface area (TPSA) is 41.1 Å². The second-order valence-electron chi connectivity index (χ2n) is 3.90. The largest absolute Gasteiger partial charge is 0.398 e. The predicted octanol–water partition coefficient (Wildman–Crippen LogP) is 2.89. The van der Waals surface area contributed by atoms with Gasteiger partial charge in [-0.3, -0.25) is 4.79 Å². The molecule has 1 amide bonds. The van der Waals surface area contributed by atoms with Gasteiger partial charge in [0.15, 0.2) is 0 Å². The van der Waals surface area contributed by atoms with Crippen LogP contribution in [-0.2, 0) is 4.79 Å². The van der Waals surface area contributed by atoms with E-state index in [2.05, 4.69) is 10.6 Å². The lowest BCUT2D eigenvalue weighted by molar-refractivity contribution is -0.117. The van der Waals surface area contributed by atoms with E-state index in [1.807, 2.05) is 0 Å². The summed E-state index contributed by atoms with van der Waals surface area (Å²) < 4.78 is 36.6. The van der Waals surface area contributed by atoms with Crippen molar-refractivity contribution in [1.82, 2.24) is 5.32 Å². The predicted molar refractivity (Wildman–Crippen MR) is 70.4 cm³/mol. The molecule has 2 N–H and O–H groups in total. The molecule has 0 aliphatic carbocycles. The van der Waals surface area contributed by atoms with E-state index in [0.717, 1.165) is 0 Å². The van der Waals surface area contributed by atoms with Gasteiger partial charge in [-0.05, 0) is 26.1 Å². The first kappa shape index (κ1) is 15.8. The van der Waals surface area contributed by atoms with E-state index in [9.17, 15) is 18.0 Å². The third kappa shape index (κ3) is 5.52. The van der Waals surface area contributed by atoms with Crippen LogP contribution >= 0.6 is 11.8 Å². The van der Waals surface area contributed by atoms with Crippen LogP contribution in [0, 0.1) is 0 Å². The third-order valence-electron chi connectivity index (χ3n) is 2.36. The van der Waals surface area contributed by atoms with Crippen LogP contribution in [-0.4, -0.2) is 30.9 Å². The SMILES string of the molecule is CNC(C)C(=O)Nc1ccccc1SCC(F)(F)F. The molecule has 0 saturated heterocycles. The molecule has 0 fully saturated rings. The summed E-state index contributed by atoms with van der Waals surface area (Å²) >= 11 is 0.655. The van der Waals surface area contributed by atoms with E-state index in [-0.39, 0.29) is 5.91 Å². The summed E-state index contributed by atoms with van der Waals surface area (Å²) in [7, 11) is 1.63. The maximum absolute atomic E-state index is 12.2. The standard InChI is InChI=1S/C12H15F3N2OS/c1-8(16-2)11(18)17-9-5-3-4-6-10(9)19-7-12(13,14)15/h3-6,8,16H,7H2,1-2H3,(H,17,18). The van der Waals surface area contributed by atoms with Gasteiger partial charge in [0.05, 0.1) is 17.5 Å². The fourth-order valence-electron chi connectivity index (χ4n) is 1.23. The molecule has 1 unspecified atom stereocenters. The number of carbonyl (C=O) groups excluding carboxylic acids is 1. The first-order valence-corrected chi connectivity index (χ1v) is 6.59. The Kier molecular flexibility index (Phi) is 5.68. The summed E-state index contributed by atoms with van der Waals surface area (Å²) in [6.07, 6.45) is -4.24. The Morgan fingerprint density at radius 3 is 2.58 bits per heavy atom. The smallest absolute Gasteiger partial charge is 0.324 e. The molecule has 1 atom stereocenters. The number of anilines is 1. The summed E-state index contributed by atoms with van der Waals surface area (Å²) in [6, 6.07) is 6.02. The molecule has 0 heterocycles. The maximum Gasteiger partial charge on any atom is 0.398 e. The summed E-state index contributed by atoms with van der Waals surface area (Å²) in [4.78, 5) is 12.1. The van der Waals surface area contributed by atoms with Gasteiger partial charge >= 0.3 is 6.18 Å². The molecule has 0 aliphatic rings. The Morgan fingerprint density at radius 2 is 2.00 bits per heavy atom. The fourth-order valence-corrected chi connectivity index (χ4v) is 2.00. The van der Waals surface area contributed by atoms with Gasteiger partial charge in [-0.2, -0.15) is 13.2 Å². The number of carbonyl (C=O) groups is 1. The number of thioether (sulfide) groups is 1. The first-order chi connectivity index (χ1) is 8.83. The number of amides is 1. The molecule has 1 aromatic rings. The Bertz CT molecular complexity index is 437. The lowest BCUT2D eigenvalue weighted by Crippen LogP contribution is -2.35. The number of para-hydroxylation sites is 1. The minimum Gasteiger partial charge on any atom is -0.324 e. The van der Waals surface area contributed by atoms with Crippen LogP contribution in [0.15, 0.2) is 29.2 Å². The molecule has 7 heteroatoms. The first-order valence-electron chi connectivity index (χ1n) is 5.60. The summed E-state index contributed by atoms with van der Waals surface area (Å²) in [6.45, 7) is 1.67. The van der Waals surface area contributed by atoms with Crippen LogP contribution in [0.5, 0.6) is 0 Å². The molecular weight excluding hydrogens is 277 g/mol. The van der Waals surface area contributed by atoms with Gasteiger partial charge in [-0.25, -0.2) is 0 Å². The average molecular weight is 292 g/mol. The van der Waals surface area contributed by atoms with Crippen molar-refractivity contribution in [2.24, 2.45) is 0 Å². The fraction of sp³-hybridized carbons (Fsp3) is 0.417. The maximum atomic E-state index is 12.2. The molecule has 19 heavy (non-hydrogen) atoms. The molecule has 1 rings (SSSR count). The zero-order valence-electron chi connectivity index (χ0n) is 10.5. The molecule has 0 spiro atoms. The Labute approximate surface area is 114 Å². The molecule has 0 aliphatic heterocycles. The van der Waals surface area contributed by atoms with Gasteiger partial charge in [0, 0.05) is 4.90 Å². The zero-order valence-corrected chi connectivity index (χ0v) is 11.4. The average Bonchev–Trinajstić information content (AvgIpc) is 2.35. The minimum atomic E-state index is -4.24. The van der Waals surface area contributed by atoms with Gasteiger partial charge in [0.2, 0.25) is 5.91 Å². The molecule has 3 nitrogen and oxygen atoms in total. The number of halogens is 3. The van der Waals surface area contributed by atoms with Crippen molar-refractivity contribution in [2.45, 2.75) is 24.0 Å². The molecule has 0 saturated carbocycles. The summed E-state index contributed by atoms with van der Waals surface area (Å²) in [5, 5.41) is 5.37. The second kappa shape index (κ2) is 6.81. The van der Waals surface area contributed by atoms with Gasteiger partial charge < -0.3 is 10.6 Å². The third-order valence-corrected chi connectivity index (χ3v) is 3.50. The van der Waals surface area contributed by atoms with Crippen molar-refractivity contribution in [2.75, 3.05) is 18.1 Å². The van der Waals surface area contributed by atoms with Gasteiger partial charge in [0.25, 0.3) is 0 Å². The van der Waals surface area contributed by atoms with E-state index in [1.165, 1.54) is 0 Å². The van der Waals surface area contributed by atoms with E-state index in [4.69, 9.17) is 0 Å². The van der Waals surface area contributed by atoms with E-state index < -0.39 is 18.0 Å². The van der Waals surface area contributed by atoms with Crippen LogP contribution in [0.2, 0.25) is 0 Å². The Balaban J connectivity index is 2.76. The van der Waals surface area contributed by atoms with Crippen molar-refractivity contribution in [3.05, 3.63) is 24.3 Å². The highest BCUT2D eigenvalue weighted by atomic mass is 32.2. The molecule has 0 radical (unpaired) electrons. The quantitative estimate of drug-likeness (QED) is 0.820. The normalized spacial score (nSPS) is 13.1. The second-order valence-corrected chi connectivity index (χ2v) is 4.92. The van der Waals surface area contributed by atoms with Crippen LogP contribution in [0.4, 0.5) is 18.9 Å². The van der Waals surface area contributed by atoms with Crippen LogP contribution in [0.1, 0.15) is 6.92 Å². The van der Waals surface area contributed by atoms with Gasteiger partial charge in [-0.1, -0.05) is 12.1 Å². The van der Waals surface area contributed by atoms with E-state index >= 15 is 0 Å². The van der Waals surface area contributed by atoms with Crippen LogP contribution in [0.25, 0.3) is 0 Å². The van der Waals surface area contributed by atoms with Crippen molar-refractivity contribution in [1.29, 1.82) is 0 Å². The highest BCUT2D eigenvalue weighted by Gasteiger charge is 2.27. The van der Waals surface area contributed by atoms with Gasteiger partial charge in [-0.15, -0.1) is 11.8 Å². The summed E-state index contributed by atoms with van der Waals surface area (Å²) in [5.74, 6) is -1.27. The number of likely N-dealkylation sites (N-methyl/N-ethyl adjacent to an activating group) is 1. The monoisotopic (exact) mass is 292 g/mol. The van der Waals surface area contributed by atoms with Crippen molar-refractivity contribution < 1.29 is 18.0 Å². The molecule has 0 bridgehead atoms. The lowest BCUT2D eigenvalue weighted by atomic mass is 10.2. The summed E-state index contributed by atoms with van der Waals surface area (Å²) in [5.41, 5.74) is 0.392. The zero-order chi connectivity index (χ0) is 14.5. The molecule has 0 aromatic heterocycles. The van der Waals surface area contributed by atoms with Crippen LogP contribution < -0.4 is 10.6 Å². The Hall–Kier alpha value is -1.21. The Morgan fingerprint density at radius 1 is 1.37 bits per heavy atom. The minimum absolute atomic E-state index is 0.289. The highest BCUT2D eigenvalue weighted by molar-refractivity contribution is 7.99. The van der Waals surface area contributed by atoms with Crippen molar-refractivity contribution in [3.8, 4) is 0 Å². The van der Waals surface area contributed by atoms with Crippen molar-refractivity contribution in [3.63, 3.8) is 0 Å². The number of benzene rings is 1. The number of nitrogens with one attached hydrogen (secondary N) is 2. The number of hydrogen-bond donors (Lipinski definition) is 2. The van der Waals surface area contributed by atoms with E-state index in [1.54, 1.807) is 38.2 Å². The highest BCUT2D eigenvalue weighted by Crippen LogP contribution is 2.32. The molecular formula is C12H15F3N2OS. The number of rotatable bonds is 5. The number of hydrogen-bond acceptors (Lipinski definition) is 3. The van der Waals surface area contributed by atoms with Crippen molar-refractivity contribution >= 4 is 23.4 Å². The molecule has 106 valence electrons. The van der Waals surface area contributed by atoms with Gasteiger partial charge in [0.1, 0.15) is 0 Å². The lowest BCUT2D eigenvalue weighted by Gasteiger charge is -2.14. The number of alkyl halides is 3. The van der Waals surface area contributed by atoms with Crippen LogP contribution in [0.3, 0.4) is 0 Å². The molecule has 1 aromatic carbocycles.